The van der Waals surface area contributed by atoms with Crippen LogP contribution in [0.1, 0.15) is 0 Å². The molecule has 0 bridgehead atoms. The highest BCUT2D eigenvalue weighted by Crippen LogP contribution is 2.29. The summed E-state index contributed by atoms with van der Waals surface area (Å²) < 4.78 is 0.977. The van der Waals surface area contributed by atoms with Crippen LogP contribution >= 0.6 is 15.9 Å². The lowest BCUT2D eigenvalue weighted by molar-refractivity contribution is 1.34. The Morgan fingerprint density at radius 2 is 1.95 bits per heavy atom. The molecule has 0 aromatic heterocycles. The van der Waals surface area contributed by atoms with E-state index in [0.29, 0.717) is 0 Å². The Labute approximate surface area is 118 Å². The molecule has 0 amide bonds. The van der Waals surface area contributed by atoms with Crippen LogP contribution < -0.4 is 11.2 Å². The van der Waals surface area contributed by atoms with Crippen molar-refractivity contribution in [1.82, 2.24) is 0 Å². The van der Waals surface area contributed by atoms with Crippen molar-refractivity contribution in [2.24, 2.45) is 10.8 Å². The van der Waals surface area contributed by atoms with Gasteiger partial charge in [-0.1, -0.05) is 40.2 Å². The molecule has 2 aromatic carbocycles. The van der Waals surface area contributed by atoms with E-state index in [1.165, 1.54) is 0 Å². The third kappa shape index (κ3) is 2.72. The monoisotopic (exact) mass is 315 g/mol. The maximum atomic E-state index is 8.78. The number of nitriles is 1. The molecule has 2 rings (SSSR count). The lowest BCUT2D eigenvalue weighted by atomic mass is 10.1. The summed E-state index contributed by atoms with van der Waals surface area (Å²) in [5.74, 6) is -0.364. The number of anilines is 1. The SMILES string of the molecule is N#C/C(=N\Nc1ccc(Br)c2ccccc12)C(=N)N. The van der Waals surface area contributed by atoms with Gasteiger partial charge in [0.15, 0.2) is 5.84 Å². The van der Waals surface area contributed by atoms with E-state index in [-0.39, 0.29) is 11.5 Å². The number of hydrogen-bond acceptors (Lipinski definition) is 4. The van der Waals surface area contributed by atoms with Crippen LogP contribution in [-0.2, 0) is 0 Å². The molecule has 0 atom stereocenters. The summed E-state index contributed by atoms with van der Waals surface area (Å²) in [5.41, 5.74) is 8.60. The minimum Gasteiger partial charge on any atom is -0.382 e. The lowest BCUT2D eigenvalue weighted by Crippen LogP contribution is -2.21. The van der Waals surface area contributed by atoms with E-state index in [4.69, 9.17) is 16.4 Å². The Hall–Kier alpha value is -2.39. The summed E-state index contributed by atoms with van der Waals surface area (Å²) in [5, 5.41) is 21.8. The van der Waals surface area contributed by atoms with E-state index in [2.05, 4.69) is 26.5 Å². The average molecular weight is 316 g/mol. The number of halogens is 1. The van der Waals surface area contributed by atoms with Gasteiger partial charge in [-0.2, -0.15) is 10.4 Å². The number of fused-ring (bicyclic) bond motifs is 1. The predicted molar refractivity (Wildman–Crippen MR) is 80.2 cm³/mol. The minimum atomic E-state index is -0.364. The van der Waals surface area contributed by atoms with Crippen LogP contribution in [0.5, 0.6) is 0 Å². The fraction of sp³-hybridized carbons (Fsp3) is 0. The van der Waals surface area contributed by atoms with E-state index in [1.807, 2.05) is 36.4 Å². The van der Waals surface area contributed by atoms with Gasteiger partial charge in [-0.15, -0.1) is 0 Å². The molecule has 0 radical (unpaired) electrons. The molecule has 0 unspecified atom stereocenters. The highest BCUT2D eigenvalue weighted by Gasteiger charge is 2.05. The molecule has 6 heteroatoms. The van der Waals surface area contributed by atoms with Gasteiger partial charge < -0.3 is 5.73 Å². The largest absolute Gasteiger partial charge is 0.382 e. The molecular weight excluding hydrogens is 306 g/mol. The van der Waals surface area contributed by atoms with Crippen LogP contribution in [0.3, 0.4) is 0 Å². The summed E-state index contributed by atoms with van der Waals surface area (Å²) in [4.78, 5) is 0. The van der Waals surface area contributed by atoms with Crippen LogP contribution in [0.2, 0.25) is 0 Å². The molecule has 0 aliphatic rings. The number of rotatable bonds is 3. The zero-order valence-electron chi connectivity index (χ0n) is 9.81. The highest BCUT2D eigenvalue weighted by molar-refractivity contribution is 9.10. The Balaban J connectivity index is 2.45. The van der Waals surface area contributed by atoms with Crippen LogP contribution in [0, 0.1) is 16.7 Å². The molecule has 0 aliphatic carbocycles. The molecule has 5 nitrogen and oxygen atoms in total. The van der Waals surface area contributed by atoms with Crippen molar-refractivity contribution in [3.8, 4) is 6.07 Å². The van der Waals surface area contributed by atoms with Gasteiger partial charge >= 0.3 is 0 Å². The second-order valence-corrected chi connectivity index (χ2v) is 4.59. The number of hydrazone groups is 1. The Kier molecular flexibility index (Phi) is 3.78. The van der Waals surface area contributed by atoms with E-state index in [1.54, 1.807) is 6.07 Å². The highest BCUT2D eigenvalue weighted by atomic mass is 79.9. The van der Waals surface area contributed by atoms with Gasteiger partial charge in [0.25, 0.3) is 0 Å². The first-order chi connectivity index (χ1) is 9.13. The maximum Gasteiger partial charge on any atom is 0.201 e. The molecule has 0 saturated heterocycles. The number of nitrogens with zero attached hydrogens (tertiary/aromatic N) is 2. The molecule has 0 heterocycles. The molecule has 2 aromatic rings. The molecule has 4 N–H and O–H groups in total. The second-order valence-electron chi connectivity index (χ2n) is 3.74. The van der Waals surface area contributed by atoms with Crippen LogP contribution in [-0.4, -0.2) is 11.5 Å². The molecule has 0 saturated carbocycles. The van der Waals surface area contributed by atoms with E-state index >= 15 is 0 Å². The molecule has 0 fully saturated rings. The van der Waals surface area contributed by atoms with Gasteiger partial charge in [-0.3, -0.25) is 10.8 Å². The average Bonchev–Trinajstić information content (AvgIpc) is 2.42. The molecule has 94 valence electrons. The third-order valence-corrected chi connectivity index (χ3v) is 3.21. The number of nitrogens with one attached hydrogen (secondary N) is 2. The Morgan fingerprint density at radius 3 is 2.58 bits per heavy atom. The van der Waals surface area contributed by atoms with Gasteiger partial charge in [0.05, 0.1) is 5.69 Å². The van der Waals surface area contributed by atoms with Crippen molar-refractivity contribution in [3.05, 3.63) is 40.9 Å². The number of benzene rings is 2. The fourth-order valence-corrected chi connectivity index (χ4v) is 2.10. The van der Waals surface area contributed by atoms with Gasteiger partial charge in [-0.25, -0.2) is 0 Å². The molecule has 0 aliphatic heterocycles. The topological polar surface area (TPSA) is 98.0 Å². The molecular formula is C13H10BrN5. The minimum absolute atomic E-state index is 0.146. The van der Waals surface area contributed by atoms with Gasteiger partial charge in [0.1, 0.15) is 6.07 Å². The van der Waals surface area contributed by atoms with E-state index in [0.717, 1.165) is 20.9 Å². The van der Waals surface area contributed by atoms with Crippen molar-refractivity contribution in [2.75, 3.05) is 5.43 Å². The normalized spacial score (nSPS) is 11.1. The number of amidine groups is 1. The third-order valence-electron chi connectivity index (χ3n) is 2.52. The van der Waals surface area contributed by atoms with E-state index in [9.17, 15) is 0 Å². The van der Waals surface area contributed by atoms with Crippen LogP contribution in [0.25, 0.3) is 10.8 Å². The molecule has 0 spiro atoms. The van der Waals surface area contributed by atoms with Crippen molar-refractivity contribution in [1.29, 1.82) is 10.7 Å². The van der Waals surface area contributed by atoms with Gasteiger partial charge in [-0.05, 0) is 17.5 Å². The van der Waals surface area contributed by atoms with E-state index < -0.39 is 0 Å². The van der Waals surface area contributed by atoms with Gasteiger partial charge in [0, 0.05) is 9.86 Å². The first-order valence-electron chi connectivity index (χ1n) is 5.39. The van der Waals surface area contributed by atoms with Gasteiger partial charge in [0.2, 0.25) is 5.71 Å². The predicted octanol–water partition coefficient (Wildman–Crippen LogP) is 2.83. The Bertz CT molecular complexity index is 715. The van der Waals surface area contributed by atoms with Crippen molar-refractivity contribution >= 4 is 43.9 Å². The quantitative estimate of drug-likeness (QED) is 0.461. The zero-order chi connectivity index (χ0) is 13.8. The lowest BCUT2D eigenvalue weighted by Gasteiger charge is -2.07. The molecule has 19 heavy (non-hydrogen) atoms. The zero-order valence-corrected chi connectivity index (χ0v) is 11.4. The maximum absolute atomic E-state index is 8.78. The van der Waals surface area contributed by atoms with Crippen LogP contribution in [0.4, 0.5) is 5.69 Å². The smallest absolute Gasteiger partial charge is 0.201 e. The number of hydrogen-bond donors (Lipinski definition) is 3. The van der Waals surface area contributed by atoms with Crippen molar-refractivity contribution < 1.29 is 0 Å². The summed E-state index contributed by atoms with van der Waals surface area (Å²) in [6.45, 7) is 0. The second kappa shape index (κ2) is 5.50. The summed E-state index contributed by atoms with van der Waals surface area (Å²) >= 11 is 3.48. The number of nitrogens with two attached hydrogens (primary N) is 1. The summed E-state index contributed by atoms with van der Waals surface area (Å²) in [6.07, 6.45) is 0. The summed E-state index contributed by atoms with van der Waals surface area (Å²) in [6, 6.07) is 13.3. The first kappa shape index (κ1) is 13.1. The summed E-state index contributed by atoms with van der Waals surface area (Å²) in [7, 11) is 0. The fourth-order valence-electron chi connectivity index (χ4n) is 1.62. The van der Waals surface area contributed by atoms with Crippen molar-refractivity contribution in [2.45, 2.75) is 0 Å². The first-order valence-corrected chi connectivity index (χ1v) is 6.18. The van der Waals surface area contributed by atoms with Crippen molar-refractivity contribution in [3.63, 3.8) is 0 Å². The standard InChI is InChI=1S/C13H10BrN5/c14-10-5-6-11(9-4-2-1-3-8(9)10)18-19-12(7-15)13(16)17/h1-6,18H,(H3,16,17)/b19-12+. The Morgan fingerprint density at radius 1 is 1.26 bits per heavy atom. The van der Waals surface area contributed by atoms with Crippen LogP contribution in [0.15, 0.2) is 46.0 Å².